The Labute approximate surface area is 262 Å². The molecule has 0 aliphatic carbocycles. The van der Waals surface area contributed by atoms with Crippen molar-refractivity contribution < 1.29 is 39.3 Å². The summed E-state index contributed by atoms with van der Waals surface area (Å²) in [5.74, 6) is -4.86. The highest BCUT2D eigenvalue weighted by atomic mass is 16.4. The Kier molecular flexibility index (Phi) is 11.1. The minimum atomic E-state index is -1.52. The van der Waals surface area contributed by atoms with Gasteiger partial charge in [0.05, 0.1) is 12.4 Å². The van der Waals surface area contributed by atoms with Gasteiger partial charge in [0.15, 0.2) is 0 Å². The number of nitrogens with zero attached hydrogens (tertiary/aromatic N) is 1. The second kappa shape index (κ2) is 15.3. The largest absolute Gasteiger partial charge is 0.508 e. The molecule has 2 aromatic carbocycles. The van der Waals surface area contributed by atoms with Crippen LogP contribution in [0.25, 0.3) is 10.9 Å². The molecule has 10 N–H and O–H groups in total. The maximum atomic E-state index is 13.8. The molecule has 0 aliphatic rings. The van der Waals surface area contributed by atoms with Crippen LogP contribution in [0.1, 0.15) is 29.7 Å². The molecular weight excluding hydrogens is 598 g/mol. The van der Waals surface area contributed by atoms with Crippen LogP contribution < -0.4 is 21.7 Å². The van der Waals surface area contributed by atoms with E-state index in [0.717, 1.165) is 10.9 Å². The van der Waals surface area contributed by atoms with Crippen molar-refractivity contribution in [1.29, 1.82) is 0 Å². The quantitative estimate of drug-likeness (QED) is 0.0818. The third kappa shape index (κ3) is 9.15. The molecule has 3 amide bonds. The van der Waals surface area contributed by atoms with E-state index >= 15 is 0 Å². The lowest BCUT2D eigenvalue weighted by Crippen LogP contribution is -2.58. The van der Waals surface area contributed by atoms with Crippen LogP contribution in [-0.2, 0) is 43.2 Å². The summed E-state index contributed by atoms with van der Waals surface area (Å²) >= 11 is 0. The van der Waals surface area contributed by atoms with Gasteiger partial charge in [-0.15, -0.1) is 0 Å². The van der Waals surface area contributed by atoms with E-state index in [0.29, 0.717) is 16.8 Å². The third-order valence-electron chi connectivity index (χ3n) is 7.33. The summed E-state index contributed by atoms with van der Waals surface area (Å²) in [7, 11) is 0. The summed E-state index contributed by atoms with van der Waals surface area (Å²) in [5.41, 5.74) is 8.76. The fourth-order valence-electron chi connectivity index (χ4n) is 4.88. The Bertz CT molecular complexity index is 1670. The number of aromatic nitrogens is 3. The number of amides is 3. The van der Waals surface area contributed by atoms with Gasteiger partial charge in [-0.3, -0.25) is 19.2 Å². The van der Waals surface area contributed by atoms with Gasteiger partial charge in [0, 0.05) is 48.3 Å². The Morgan fingerprint density at radius 1 is 0.804 bits per heavy atom. The zero-order valence-electron chi connectivity index (χ0n) is 24.6. The molecule has 2 aromatic heterocycles. The molecule has 0 saturated carbocycles. The molecule has 15 heteroatoms. The number of para-hydroxylation sites is 1. The number of hydrogen-bond acceptors (Lipinski definition) is 8. The van der Waals surface area contributed by atoms with Crippen LogP contribution in [-0.4, -0.2) is 84.1 Å². The van der Waals surface area contributed by atoms with Gasteiger partial charge >= 0.3 is 11.9 Å². The van der Waals surface area contributed by atoms with E-state index in [1.807, 2.05) is 18.2 Å². The SMILES string of the molecule is NC(Cc1ccc(O)cc1)C(=O)NC(Cc1cnc[nH]1)C(=O)NC(Cc1c[nH]c2ccccc12)C(=O)NC(CCC(=O)O)C(=O)O. The number of carboxylic acids is 2. The molecule has 4 aromatic rings. The Hall–Kier alpha value is -5.70. The second-order valence-electron chi connectivity index (χ2n) is 10.8. The molecule has 2 heterocycles. The summed E-state index contributed by atoms with van der Waals surface area (Å²) in [6, 6.07) is 8.32. The van der Waals surface area contributed by atoms with Gasteiger partial charge in [-0.1, -0.05) is 30.3 Å². The van der Waals surface area contributed by atoms with Crippen molar-refractivity contribution >= 4 is 40.6 Å². The third-order valence-corrected chi connectivity index (χ3v) is 7.33. The van der Waals surface area contributed by atoms with Crippen molar-refractivity contribution in [3.63, 3.8) is 0 Å². The summed E-state index contributed by atoms with van der Waals surface area (Å²) < 4.78 is 0. The maximum Gasteiger partial charge on any atom is 0.326 e. The first-order valence-corrected chi connectivity index (χ1v) is 14.4. The lowest BCUT2D eigenvalue weighted by molar-refractivity contribution is -0.143. The molecule has 242 valence electrons. The zero-order chi connectivity index (χ0) is 33.2. The summed E-state index contributed by atoms with van der Waals surface area (Å²) in [5, 5.41) is 36.6. The summed E-state index contributed by atoms with van der Waals surface area (Å²) in [6.07, 6.45) is 3.68. The average Bonchev–Trinajstić information content (AvgIpc) is 3.69. The van der Waals surface area contributed by atoms with Crippen molar-refractivity contribution in [1.82, 2.24) is 30.9 Å². The number of nitrogens with two attached hydrogens (primary N) is 1. The first-order chi connectivity index (χ1) is 22.0. The van der Waals surface area contributed by atoms with Crippen molar-refractivity contribution in [3.05, 3.63) is 84.1 Å². The number of nitrogens with one attached hydrogen (secondary N) is 5. The van der Waals surface area contributed by atoms with Crippen LogP contribution in [0.4, 0.5) is 0 Å². The molecule has 0 saturated heterocycles. The topological polar surface area (TPSA) is 253 Å². The van der Waals surface area contributed by atoms with Gasteiger partial charge in [-0.2, -0.15) is 0 Å². The van der Waals surface area contributed by atoms with Crippen molar-refractivity contribution in [2.24, 2.45) is 5.73 Å². The molecule has 4 atom stereocenters. The van der Waals surface area contributed by atoms with E-state index in [4.69, 9.17) is 10.8 Å². The van der Waals surface area contributed by atoms with Crippen LogP contribution in [0.3, 0.4) is 0 Å². The number of imidazole rings is 1. The van der Waals surface area contributed by atoms with Gasteiger partial charge in [-0.05, 0) is 42.2 Å². The fraction of sp³-hybridized carbons (Fsp3) is 0.290. The molecule has 4 unspecified atom stereocenters. The smallest absolute Gasteiger partial charge is 0.326 e. The van der Waals surface area contributed by atoms with Crippen LogP contribution in [0.15, 0.2) is 67.3 Å². The molecule has 0 bridgehead atoms. The number of phenols is 1. The molecule has 0 aliphatic heterocycles. The number of carboxylic acid groups (broad SMARTS) is 2. The van der Waals surface area contributed by atoms with Gasteiger partial charge in [0.2, 0.25) is 17.7 Å². The van der Waals surface area contributed by atoms with Crippen LogP contribution in [0.2, 0.25) is 0 Å². The predicted molar refractivity (Wildman–Crippen MR) is 164 cm³/mol. The number of fused-ring (bicyclic) bond motifs is 1. The monoisotopic (exact) mass is 633 g/mol. The van der Waals surface area contributed by atoms with Crippen LogP contribution in [0, 0.1) is 0 Å². The number of H-pyrrole nitrogens is 2. The number of rotatable bonds is 16. The normalized spacial score (nSPS) is 13.7. The molecule has 0 radical (unpaired) electrons. The average molecular weight is 634 g/mol. The van der Waals surface area contributed by atoms with Gasteiger partial charge in [0.25, 0.3) is 0 Å². The number of benzene rings is 2. The van der Waals surface area contributed by atoms with E-state index in [1.165, 1.54) is 24.7 Å². The highest BCUT2D eigenvalue weighted by molar-refractivity contribution is 5.95. The lowest BCUT2D eigenvalue weighted by atomic mass is 10.0. The standard InChI is InChI=1S/C31H35N7O8/c32-22(11-17-5-7-20(39)8-6-17)28(42)37-26(13-19-15-33-16-35-19)30(44)38-25(12-18-14-34-23-4-2-1-3-21(18)23)29(43)36-24(31(45)46)9-10-27(40)41/h1-8,14-16,22,24-26,34,39H,9-13,32H2,(H,33,35)(H,36,43)(H,37,42)(H,38,44)(H,40,41)(H,45,46). The predicted octanol–water partition coefficient (Wildman–Crippen LogP) is 0.356. The summed E-state index contributed by atoms with van der Waals surface area (Å²) in [6.45, 7) is 0. The molecule has 15 nitrogen and oxygen atoms in total. The van der Waals surface area contributed by atoms with Gasteiger partial charge in [-0.25, -0.2) is 9.78 Å². The number of carbonyl (C=O) groups is 5. The Balaban J connectivity index is 1.56. The fourth-order valence-corrected chi connectivity index (χ4v) is 4.88. The van der Waals surface area contributed by atoms with Gasteiger partial charge < -0.3 is 47.0 Å². The molecular formula is C31H35N7O8. The maximum absolute atomic E-state index is 13.8. The van der Waals surface area contributed by atoms with Crippen molar-refractivity contribution in [2.75, 3.05) is 0 Å². The number of aromatic hydroxyl groups is 1. The van der Waals surface area contributed by atoms with Gasteiger partial charge in [0.1, 0.15) is 23.9 Å². The Morgan fingerprint density at radius 2 is 1.46 bits per heavy atom. The van der Waals surface area contributed by atoms with E-state index in [-0.39, 0.29) is 31.4 Å². The number of carbonyl (C=O) groups excluding carboxylic acids is 3. The number of aromatic amines is 2. The number of phenolic OH excluding ortho intramolecular Hbond substituents is 1. The van der Waals surface area contributed by atoms with E-state index in [1.54, 1.807) is 24.4 Å². The first-order valence-electron chi connectivity index (χ1n) is 14.4. The first kappa shape index (κ1) is 33.2. The lowest BCUT2D eigenvalue weighted by Gasteiger charge is -2.25. The van der Waals surface area contributed by atoms with Crippen LogP contribution in [0.5, 0.6) is 5.75 Å². The molecule has 46 heavy (non-hydrogen) atoms. The van der Waals surface area contributed by atoms with Crippen molar-refractivity contribution in [3.8, 4) is 5.75 Å². The molecule has 0 fully saturated rings. The summed E-state index contributed by atoms with van der Waals surface area (Å²) in [4.78, 5) is 73.2. The number of hydrogen-bond donors (Lipinski definition) is 9. The minimum absolute atomic E-state index is 0.0404. The highest BCUT2D eigenvalue weighted by Gasteiger charge is 2.31. The second-order valence-corrected chi connectivity index (χ2v) is 10.8. The van der Waals surface area contributed by atoms with Crippen molar-refractivity contribution in [2.45, 2.75) is 56.3 Å². The van der Waals surface area contributed by atoms with E-state index in [2.05, 4.69) is 30.9 Å². The number of aliphatic carboxylic acids is 2. The zero-order valence-corrected chi connectivity index (χ0v) is 24.6. The highest BCUT2D eigenvalue weighted by Crippen LogP contribution is 2.19. The van der Waals surface area contributed by atoms with Crippen LogP contribution >= 0.6 is 0 Å². The molecule has 0 spiro atoms. The van der Waals surface area contributed by atoms with E-state index in [9.17, 15) is 34.2 Å². The molecule has 4 rings (SSSR count). The Morgan fingerprint density at radius 3 is 2.11 bits per heavy atom. The van der Waals surface area contributed by atoms with E-state index < -0.39 is 60.2 Å². The minimum Gasteiger partial charge on any atom is -0.508 e.